The maximum atomic E-state index is 13.8. The second-order valence-electron chi connectivity index (χ2n) is 6.68. The molecule has 0 heterocycles. The Morgan fingerprint density at radius 2 is 1.83 bits per heavy atom. The van der Waals surface area contributed by atoms with Crippen molar-refractivity contribution >= 4 is 6.08 Å². The van der Waals surface area contributed by atoms with E-state index < -0.39 is 5.60 Å². The van der Waals surface area contributed by atoms with Crippen molar-refractivity contribution in [3.05, 3.63) is 77.1 Å². The number of hydrogen-bond acceptors (Lipinski definition) is 2. The third kappa shape index (κ3) is 4.11. The lowest BCUT2D eigenvalue weighted by atomic mass is 9.76. The van der Waals surface area contributed by atoms with E-state index in [1.807, 2.05) is 69.3 Å². The SMILES string of the molecule is CC(=Cc1ccccc1)C(O)(c1cccc(F)c1)C(C)CN(C)C. The minimum Gasteiger partial charge on any atom is -0.380 e. The molecule has 0 saturated carbocycles. The first-order valence-electron chi connectivity index (χ1n) is 8.21. The molecule has 0 bridgehead atoms. The van der Waals surface area contributed by atoms with Gasteiger partial charge >= 0.3 is 0 Å². The summed E-state index contributed by atoms with van der Waals surface area (Å²) >= 11 is 0. The summed E-state index contributed by atoms with van der Waals surface area (Å²) in [4.78, 5) is 2.03. The Balaban J connectivity index is 2.52. The van der Waals surface area contributed by atoms with Crippen LogP contribution in [0, 0.1) is 11.7 Å². The van der Waals surface area contributed by atoms with Crippen LogP contribution in [0.4, 0.5) is 4.39 Å². The van der Waals surface area contributed by atoms with E-state index in [1.165, 1.54) is 12.1 Å². The highest BCUT2D eigenvalue weighted by molar-refractivity contribution is 5.56. The van der Waals surface area contributed by atoms with Gasteiger partial charge in [-0.15, -0.1) is 0 Å². The van der Waals surface area contributed by atoms with Crippen LogP contribution in [0.15, 0.2) is 60.2 Å². The highest BCUT2D eigenvalue weighted by Gasteiger charge is 2.37. The molecule has 2 nitrogen and oxygen atoms in total. The molecule has 0 saturated heterocycles. The number of halogens is 1. The summed E-state index contributed by atoms with van der Waals surface area (Å²) in [6, 6.07) is 16.1. The number of benzene rings is 2. The van der Waals surface area contributed by atoms with Crippen LogP contribution in [-0.2, 0) is 5.60 Å². The van der Waals surface area contributed by atoms with Crippen LogP contribution in [0.1, 0.15) is 25.0 Å². The van der Waals surface area contributed by atoms with Crippen LogP contribution in [0.2, 0.25) is 0 Å². The first-order valence-corrected chi connectivity index (χ1v) is 8.21. The smallest absolute Gasteiger partial charge is 0.123 e. The zero-order valence-corrected chi connectivity index (χ0v) is 14.8. The van der Waals surface area contributed by atoms with Crippen molar-refractivity contribution in [3.8, 4) is 0 Å². The quantitative estimate of drug-likeness (QED) is 0.854. The highest BCUT2D eigenvalue weighted by Crippen LogP contribution is 2.38. The highest BCUT2D eigenvalue weighted by atomic mass is 19.1. The number of nitrogens with zero attached hydrogens (tertiary/aromatic N) is 1. The van der Waals surface area contributed by atoms with Crippen LogP contribution in [0.25, 0.3) is 6.08 Å². The summed E-state index contributed by atoms with van der Waals surface area (Å²) in [6.45, 7) is 4.59. The van der Waals surface area contributed by atoms with E-state index in [1.54, 1.807) is 12.1 Å². The number of hydrogen-bond donors (Lipinski definition) is 1. The van der Waals surface area contributed by atoms with E-state index in [0.717, 1.165) is 11.1 Å². The van der Waals surface area contributed by atoms with Gasteiger partial charge in [-0.05, 0) is 49.9 Å². The molecule has 24 heavy (non-hydrogen) atoms. The summed E-state index contributed by atoms with van der Waals surface area (Å²) < 4.78 is 13.8. The maximum absolute atomic E-state index is 13.8. The second-order valence-corrected chi connectivity index (χ2v) is 6.68. The Morgan fingerprint density at radius 3 is 2.42 bits per heavy atom. The number of rotatable bonds is 6. The molecular weight excluding hydrogens is 301 g/mol. The molecule has 3 heteroatoms. The summed E-state index contributed by atoms with van der Waals surface area (Å²) in [5.74, 6) is -0.440. The molecular formula is C21H26FNO. The van der Waals surface area contributed by atoms with Crippen LogP contribution < -0.4 is 0 Å². The molecule has 2 aromatic rings. The minimum absolute atomic E-state index is 0.103. The first-order chi connectivity index (χ1) is 11.3. The molecule has 2 unspecified atom stereocenters. The molecule has 0 fully saturated rings. The molecule has 1 N–H and O–H groups in total. The Bertz CT molecular complexity index is 696. The molecule has 2 rings (SSSR count). The Morgan fingerprint density at radius 1 is 1.17 bits per heavy atom. The van der Waals surface area contributed by atoms with Gasteiger partial charge in [-0.1, -0.05) is 55.5 Å². The van der Waals surface area contributed by atoms with E-state index in [4.69, 9.17) is 0 Å². The van der Waals surface area contributed by atoms with Gasteiger partial charge in [-0.2, -0.15) is 0 Å². The van der Waals surface area contributed by atoms with Crippen molar-refractivity contribution in [2.45, 2.75) is 19.4 Å². The second kappa shape index (κ2) is 7.73. The normalized spacial score (nSPS) is 16.0. The van der Waals surface area contributed by atoms with E-state index in [0.29, 0.717) is 12.1 Å². The van der Waals surface area contributed by atoms with E-state index >= 15 is 0 Å². The summed E-state index contributed by atoms with van der Waals surface area (Å²) in [5.41, 5.74) is 1.17. The predicted molar refractivity (Wildman–Crippen MR) is 98.1 cm³/mol. The topological polar surface area (TPSA) is 23.5 Å². The fraction of sp³-hybridized carbons (Fsp3) is 0.333. The molecule has 2 atom stereocenters. The predicted octanol–water partition coefficient (Wildman–Crippen LogP) is 4.31. The molecule has 0 aliphatic heterocycles. The number of aliphatic hydroxyl groups is 1. The van der Waals surface area contributed by atoms with Crippen molar-refractivity contribution in [2.24, 2.45) is 5.92 Å². The molecule has 0 aromatic heterocycles. The van der Waals surface area contributed by atoms with E-state index in [2.05, 4.69) is 0 Å². The van der Waals surface area contributed by atoms with Crippen LogP contribution in [0.5, 0.6) is 0 Å². The van der Waals surface area contributed by atoms with Crippen LogP contribution >= 0.6 is 0 Å². The molecule has 2 aromatic carbocycles. The summed E-state index contributed by atoms with van der Waals surface area (Å²) in [7, 11) is 3.94. The van der Waals surface area contributed by atoms with Gasteiger partial charge in [0.2, 0.25) is 0 Å². The van der Waals surface area contributed by atoms with Crippen molar-refractivity contribution in [2.75, 3.05) is 20.6 Å². The third-order valence-electron chi connectivity index (χ3n) is 4.40. The monoisotopic (exact) mass is 327 g/mol. The fourth-order valence-electron chi connectivity index (χ4n) is 3.22. The average Bonchev–Trinajstić information content (AvgIpc) is 2.54. The fourth-order valence-corrected chi connectivity index (χ4v) is 3.22. The molecule has 128 valence electrons. The van der Waals surface area contributed by atoms with Crippen LogP contribution in [0.3, 0.4) is 0 Å². The third-order valence-corrected chi connectivity index (χ3v) is 4.40. The average molecular weight is 327 g/mol. The lowest BCUT2D eigenvalue weighted by Gasteiger charge is -2.37. The van der Waals surface area contributed by atoms with Crippen molar-refractivity contribution in [3.63, 3.8) is 0 Å². The van der Waals surface area contributed by atoms with Gasteiger partial charge in [0.25, 0.3) is 0 Å². The largest absolute Gasteiger partial charge is 0.380 e. The maximum Gasteiger partial charge on any atom is 0.123 e. The molecule has 0 amide bonds. The molecule has 0 radical (unpaired) electrons. The first kappa shape index (κ1) is 18.4. The van der Waals surface area contributed by atoms with Gasteiger partial charge in [0.15, 0.2) is 0 Å². The minimum atomic E-state index is -1.23. The van der Waals surface area contributed by atoms with Crippen molar-refractivity contribution in [1.29, 1.82) is 0 Å². The Kier molecular flexibility index (Phi) is 5.92. The Labute approximate surface area is 144 Å². The Hall–Kier alpha value is -1.97. The summed E-state index contributed by atoms with van der Waals surface area (Å²) in [6.07, 6.45) is 1.97. The lowest BCUT2D eigenvalue weighted by Crippen LogP contribution is -2.40. The molecule has 0 aliphatic rings. The van der Waals surface area contributed by atoms with Gasteiger partial charge in [0, 0.05) is 12.5 Å². The lowest BCUT2D eigenvalue weighted by molar-refractivity contribution is 0.0103. The zero-order chi connectivity index (χ0) is 17.7. The zero-order valence-electron chi connectivity index (χ0n) is 14.8. The van der Waals surface area contributed by atoms with Gasteiger partial charge in [0.1, 0.15) is 11.4 Å². The van der Waals surface area contributed by atoms with Gasteiger partial charge in [-0.3, -0.25) is 0 Å². The van der Waals surface area contributed by atoms with Crippen molar-refractivity contribution in [1.82, 2.24) is 4.90 Å². The van der Waals surface area contributed by atoms with Crippen LogP contribution in [-0.4, -0.2) is 30.6 Å². The molecule has 0 aliphatic carbocycles. The standard InChI is InChI=1S/C21H26FNO/c1-16(13-18-9-6-5-7-10-18)21(24,17(2)15-23(3)4)19-11-8-12-20(22)14-19/h5-14,17,24H,15H2,1-4H3. The van der Waals surface area contributed by atoms with Gasteiger partial charge < -0.3 is 10.0 Å². The van der Waals surface area contributed by atoms with Gasteiger partial charge in [0.05, 0.1) is 0 Å². The van der Waals surface area contributed by atoms with E-state index in [-0.39, 0.29) is 11.7 Å². The summed E-state index contributed by atoms with van der Waals surface area (Å²) in [5, 5.41) is 11.6. The van der Waals surface area contributed by atoms with Crippen molar-refractivity contribution < 1.29 is 9.50 Å². The van der Waals surface area contributed by atoms with Gasteiger partial charge in [-0.25, -0.2) is 4.39 Å². The van der Waals surface area contributed by atoms with E-state index in [9.17, 15) is 9.50 Å². The molecule has 0 spiro atoms.